The molecule has 42 heavy (non-hydrogen) atoms. The van der Waals surface area contributed by atoms with Gasteiger partial charge in [-0.1, -0.05) is 13.0 Å². The van der Waals surface area contributed by atoms with Crippen LogP contribution in [0.5, 0.6) is 0 Å². The fourth-order valence-corrected chi connectivity index (χ4v) is 6.78. The first-order chi connectivity index (χ1) is 20.0. The number of hydrogen-bond acceptors (Lipinski definition) is 7. The Morgan fingerprint density at radius 1 is 1.00 bits per heavy atom. The van der Waals surface area contributed by atoms with Crippen molar-refractivity contribution >= 4 is 17.8 Å². The first kappa shape index (κ1) is 30.2. The van der Waals surface area contributed by atoms with Crippen molar-refractivity contribution in [3.8, 4) is 5.69 Å². The highest BCUT2D eigenvalue weighted by Crippen LogP contribution is 2.31. The zero-order valence-electron chi connectivity index (χ0n) is 25.2. The van der Waals surface area contributed by atoms with E-state index < -0.39 is 11.2 Å². The number of nitrogens with two attached hydrogens (primary N) is 2. The summed E-state index contributed by atoms with van der Waals surface area (Å²) in [5.41, 5.74) is 14.1. The molecule has 0 bridgehead atoms. The van der Waals surface area contributed by atoms with Crippen LogP contribution in [0.3, 0.4) is 0 Å². The predicted octanol–water partition coefficient (Wildman–Crippen LogP) is 2.10. The first-order valence-corrected chi connectivity index (χ1v) is 15.4. The van der Waals surface area contributed by atoms with Crippen LogP contribution >= 0.6 is 0 Å². The summed E-state index contributed by atoms with van der Waals surface area (Å²) in [7, 11) is 0. The average Bonchev–Trinajstić information content (AvgIpc) is 2.97. The van der Waals surface area contributed by atoms with E-state index in [0.717, 1.165) is 44.3 Å². The lowest BCUT2D eigenvalue weighted by Crippen LogP contribution is -2.58. The molecule has 1 aromatic heterocycles. The van der Waals surface area contributed by atoms with Crippen LogP contribution in [0.1, 0.15) is 64.0 Å². The highest BCUT2D eigenvalue weighted by molar-refractivity contribution is 5.89. The molecule has 1 saturated heterocycles. The van der Waals surface area contributed by atoms with Crippen LogP contribution in [-0.4, -0.2) is 92.6 Å². The van der Waals surface area contributed by atoms with E-state index in [1.807, 2.05) is 6.07 Å². The molecule has 3 amide bonds. The number of aromatic nitrogens is 2. The quantitative estimate of drug-likeness (QED) is 0.476. The Morgan fingerprint density at radius 3 is 2.33 bits per heavy atom. The van der Waals surface area contributed by atoms with E-state index in [4.69, 9.17) is 11.5 Å². The van der Waals surface area contributed by atoms with Crippen LogP contribution in [-0.2, 0) is 17.6 Å². The third-order valence-corrected chi connectivity index (χ3v) is 9.16. The normalized spacial score (nSPS) is 23.0. The highest BCUT2D eigenvalue weighted by Gasteiger charge is 2.32. The molecule has 1 aliphatic heterocycles. The summed E-state index contributed by atoms with van der Waals surface area (Å²) in [5.74, 6) is 0.0646. The second kappa shape index (κ2) is 12.5. The van der Waals surface area contributed by atoms with E-state index in [-0.39, 0.29) is 17.8 Å². The van der Waals surface area contributed by atoms with E-state index >= 15 is 0 Å². The molecule has 2 heterocycles. The summed E-state index contributed by atoms with van der Waals surface area (Å²) in [5, 5.41) is 2.73. The number of nitrogens with zero attached hydrogens (tertiary/aromatic N) is 5. The minimum absolute atomic E-state index is 0.136. The van der Waals surface area contributed by atoms with Crippen LogP contribution in [0, 0.1) is 0 Å². The lowest BCUT2D eigenvalue weighted by Gasteiger charge is -2.42. The van der Waals surface area contributed by atoms with Crippen molar-refractivity contribution < 1.29 is 9.59 Å². The third kappa shape index (κ3) is 6.68. The first-order valence-electron chi connectivity index (χ1n) is 15.4. The maximum atomic E-state index is 13.0. The molecule has 1 saturated carbocycles. The zero-order valence-corrected chi connectivity index (χ0v) is 25.2. The summed E-state index contributed by atoms with van der Waals surface area (Å²) >= 11 is 0. The molecule has 5 N–H and O–H groups in total. The Bertz CT molecular complexity index is 1340. The van der Waals surface area contributed by atoms with Gasteiger partial charge in [-0.3, -0.25) is 19.6 Å². The number of urea groups is 1. The number of carbonyl (C=O) groups excluding carboxylic acids is 2. The Hall–Kier alpha value is -3.28. The van der Waals surface area contributed by atoms with Gasteiger partial charge in [0.05, 0.1) is 11.2 Å². The molecule has 11 nitrogen and oxygen atoms in total. The lowest BCUT2D eigenvalue weighted by molar-refractivity contribution is -0.137. The van der Waals surface area contributed by atoms with Gasteiger partial charge in [0.1, 0.15) is 5.82 Å². The smallest absolute Gasteiger partial charge is 0.338 e. The number of piperazine rings is 1. The number of rotatable bonds is 6. The van der Waals surface area contributed by atoms with E-state index in [1.54, 1.807) is 35.9 Å². The van der Waals surface area contributed by atoms with E-state index in [9.17, 15) is 14.4 Å². The number of carbonyl (C=O) groups is 2. The average molecular weight is 579 g/mol. The molecule has 3 aliphatic rings. The molecule has 2 aliphatic carbocycles. The van der Waals surface area contributed by atoms with Crippen molar-refractivity contribution in [3.05, 3.63) is 52.1 Å². The minimum Gasteiger partial charge on any atom is -0.338 e. The third-order valence-electron chi connectivity index (χ3n) is 9.16. The van der Waals surface area contributed by atoms with Gasteiger partial charge in [0.25, 0.3) is 0 Å². The van der Waals surface area contributed by atoms with Crippen molar-refractivity contribution in [2.24, 2.45) is 11.5 Å². The van der Waals surface area contributed by atoms with Crippen LogP contribution < -0.4 is 22.5 Å². The fraction of sp³-hybridized carbons (Fsp3) is 0.613. The number of aryl methyl sites for hydroxylation is 1. The number of benzene rings is 1. The monoisotopic (exact) mass is 578 g/mol. The van der Waals surface area contributed by atoms with E-state index in [1.165, 1.54) is 28.5 Å². The van der Waals surface area contributed by atoms with E-state index in [0.29, 0.717) is 44.3 Å². The van der Waals surface area contributed by atoms with Gasteiger partial charge in [-0.2, -0.15) is 4.98 Å². The molecule has 2 fully saturated rings. The number of fused-ring (bicyclic) bond motifs is 1. The summed E-state index contributed by atoms with van der Waals surface area (Å²) in [6, 6.07) is 9.06. The maximum absolute atomic E-state index is 13.0. The lowest BCUT2D eigenvalue weighted by atomic mass is 9.84. The van der Waals surface area contributed by atoms with Gasteiger partial charge in [0.2, 0.25) is 5.91 Å². The van der Waals surface area contributed by atoms with Gasteiger partial charge >= 0.3 is 11.7 Å². The Morgan fingerprint density at radius 2 is 1.69 bits per heavy atom. The van der Waals surface area contributed by atoms with Crippen LogP contribution in [0.25, 0.3) is 5.69 Å². The molecular weight excluding hydrogens is 532 g/mol. The highest BCUT2D eigenvalue weighted by atomic mass is 16.2. The molecule has 0 spiro atoms. The second-order valence-corrected chi connectivity index (χ2v) is 12.6. The maximum Gasteiger partial charge on any atom is 0.354 e. The van der Waals surface area contributed by atoms with Gasteiger partial charge in [0.15, 0.2) is 0 Å². The molecule has 1 aromatic carbocycles. The largest absolute Gasteiger partial charge is 0.354 e. The molecule has 2 aromatic rings. The molecular formula is C31H46N8O3. The fourth-order valence-electron chi connectivity index (χ4n) is 6.78. The van der Waals surface area contributed by atoms with Crippen molar-refractivity contribution in [1.82, 2.24) is 24.3 Å². The van der Waals surface area contributed by atoms with Gasteiger partial charge in [-0.15, -0.1) is 0 Å². The molecule has 0 radical (unpaired) electrons. The molecule has 1 unspecified atom stereocenters. The number of nitrogens with one attached hydrogen (secondary N) is 1. The molecule has 11 heteroatoms. The van der Waals surface area contributed by atoms with Crippen molar-refractivity contribution in [1.29, 1.82) is 0 Å². The standard InChI is InChI=1S/C31H46N8O3/c1-4-38(24-11-7-23(32)8-12-24)25-9-5-22-20-26(10-6-21(22)19-25)39-14-13-27(35-30(39)42)34-29(41)37-17-15-36(16-18-37)28(40)31(2,3)33/h6,10,13-14,20,23-25H,4-5,7-9,11-12,15-19,32-33H2,1-3H3,(H,34,35,41,42). The van der Waals surface area contributed by atoms with Crippen LogP contribution in [0.15, 0.2) is 35.3 Å². The Balaban J connectivity index is 1.19. The summed E-state index contributed by atoms with van der Waals surface area (Å²) in [6.45, 7) is 8.26. The van der Waals surface area contributed by atoms with Gasteiger partial charge in [0, 0.05) is 50.5 Å². The summed E-state index contributed by atoms with van der Waals surface area (Å²) < 4.78 is 1.52. The predicted molar refractivity (Wildman–Crippen MR) is 164 cm³/mol. The van der Waals surface area contributed by atoms with Crippen LogP contribution in [0.2, 0.25) is 0 Å². The van der Waals surface area contributed by atoms with Crippen molar-refractivity contribution in [3.63, 3.8) is 0 Å². The molecule has 5 rings (SSSR count). The second-order valence-electron chi connectivity index (χ2n) is 12.6. The van der Waals surface area contributed by atoms with Crippen molar-refractivity contribution in [2.45, 2.75) is 89.4 Å². The molecule has 1 atom stereocenters. The molecule has 228 valence electrons. The number of amides is 3. The van der Waals surface area contributed by atoms with Gasteiger partial charge in [-0.25, -0.2) is 9.59 Å². The van der Waals surface area contributed by atoms with Gasteiger partial charge < -0.3 is 21.3 Å². The van der Waals surface area contributed by atoms with Crippen molar-refractivity contribution in [2.75, 3.05) is 38.0 Å². The summed E-state index contributed by atoms with van der Waals surface area (Å²) in [4.78, 5) is 48.3. The number of hydrogen-bond donors (Lipinski definition) is 3. The number of anilines is 1. The topological polar surface area (TPSA) is 143 Å². The SMILES string of the molecule is CCN(C1CCC(N)CC1)C1CCc2cc(-n3ccc(NC(=O)N4CCN(C(=O)C(C)(C)N)CC4)nc3=O)ccc2C1. The van der Waals surface area contributed by atoms with Crippen LogP contribution in [0.4, 0.5) is 10.6 Å². The Kier molecular flexibility index (Phi) is 9.00. The Labute approximate surface area is 248 Å². The van der Waals surface area contributed by atoms with E-state index in [2.05, 4.69) is 34.3 Å². The minimum atomic E-state index is -0.945. The van der Waals surface area contributed by atoms with Gasteiger partial charge in [-0.05, 0) is 94.7 Å². The zero-order chi connectivity index (χ0) is 30.0. The summed E-state index contributed by atoms with van der Waals surface area (Å²) in [6.07, 6.45) is 9.38. The number of likely N-dealkylation sites (N-methyl/N-ethyl adjacent to an activating group) is 1.